The van der Waals surface area contributed by atoms with Gasteiger partial charge in [-0.2, -0.15) is 0 Å². The first-order chi connectivity index (χ1) is 19.8. The lowest BCUT2D eigenvalue weighted by molar-refractivity contribution is -0.189. The van der Waals surface area contributed by atoms with Gasteiger partial charge in [-0.05, 0) is 24.6 Å². The minimum atomic E-state index is -1.82. The fourth-order valence-electron chi connectivity index (χ4n) is 5.48. The van der Waals surface area contributed by atoms with E-state index in [4.69, 9.17) is 14.5 Å². The van der Waals surface area contributed by atoms with E-state index in [1.54, 1.807) is 17.6 Å². The summed E-state index contributed by atoms with van der Waals surface area (Å²) in [6, 6.07) is 12.9. The molecule has 4 aromatic rings. The van der Waals surface area contributed by atoms with Crippen molar-refractivity contribution in [1.82, 2.24) is 14.1 Å². The number of thioether (sulfide) groups is 1. The van der Waals surface area contributed by atoms with Crippen molar-refractivity contribution in [3.8, 4) is 23.1 Å². The van der Waals surface area contributed by atoms with Crippen LogP contribution >= 0.6 is 29.0 Å². The predicted molar refractivity (Wildman–Crippen MR) is 160 cm³/mol. The number of pyridine rings is 2. The van der Waals surface area contributed by atoms with E-state index in [1.165, 1.54) is 22.4 Å². The van der Waals surface area contributed by atoms with Gasteiger partial charge < -0.3 is 24.3 Å². The van der Waals surface area contributed by atoms with E-state index in [9.17, 15) is 24.6 Å². The van der Waals surface area contributed by atoms with Crippen molar-refractivity contribution in [2.24, 2.45) is 0 Å². The molecule has 2 N–H and O–H groups in total. The molecule has 3 aromatic heterocycles. The van der Waals surface area contributed by atoms with Crippen LogP contribution in [-0.2, 0) is 44.4 Å². The zero-order valence-corrected chi connectivity index (χ0v) is 25.0. The standard InChI is InChI=1S/C28H27N3O7P2S/c1-2-28(38-23(33)7-8-30-22(32)11-21(26(30)35)41-14-40-39)18-10-20-24-16(9-15-5-3-4-6-19(15)29-24)12-31(20)25(34)17(18)13-37-27(28)36/h3-6,9-11,32,35,40H,2,7-8,12-14,39H2,1H3/t28-/m0/s1. The van der Waals surface area contributed by atoms with Gasteiger partial charge in [0.2, 0.25) is 11.5 Å². The molecule has 0 saturated heterocycles. The van der Waals surface area contributed by atoms with Crippen LogP contribution in [0.4, 0.5) is 0 Å². The number of esters is 2. The van der Waals surface area contributed by atoms with Crippen LogP contribution in [0.3, 0.4) is 0 Å². The first kappa shape index (κ1) is 27.8. The number of fused-ring (bicyclic) bond motifs is 5. The number of cyclic esters (lactones) is 1. The van der Waals surface area contributed by atoms with Crippen LogP contribution in [0.1, 0.15) is 36.5 Å². The highest BCUT2D eigenvalue weighted by Crippen LogP contribution is 2.42. The molecule has 1 aromatic carbocycles. The van der Waals surface area contributed by atoms with Crippen LogP contribution in [0.25, 0.3) is 22.3 Å². The number of rotatable bonds is 8. The summed E-state index contributed by atoms with van der Waals surface area (Å²) in [6.07, 6.45) is -0.196. The molecule has 10 nitrogen and oxygen atoms in total. The number of benzene rings is 1. The molecule has 13 heteroatoms. The second kappa shape index (κ2) is 10.8. The van der Waals surface area contributed by atoms with Crippen molar-refractivity contribution in [3.63, 3.8) is 0 Å². The third kappa shape index (κ3) is 4.60. The minimum absolute atomic E-state index is 0.0437. The molecule has 2 aliphatic heterocycles. The Morgan fingerprint density at radius 2 is 2.05 bits per heavy atom. The lowest BCUT2D eigenvalue weighted by Gasteiger charge is -2.35. The SMILES string of the molecule is CC[C@@]1(OC(=O)CCn2c(O)cc(SCPP)c2O)C(=O)OCc2c1cc1n(c2=O)Cc2cc3ccccc3nc2-1. The van der Waals surface area contributed by atoms with Gasteiger partial charge in [-0.1, -0.05) is 33.4 Å². The van der Waals surface area contributed by atoms with Gasteiger partial charge in [0.25, 0.3) is 5.56 Å². The van der Waals surface area contributed by atoms with E-state index in [0.717, 1.165) is 22.0 Å². The normalized spacial score (nSPS) is 17.5. The summed E-state index contributed by atoms with van der Waals surface area (Å²) in [4.78, 5) is 45.4. The smallest absolute Gasteiger partial charge is 0.355 e. The zero-order valence-electron chi connectivity index (χ0n) is 22.0. The number of para-hydroxylation sites is 1. The maximum absolute atomic E-state index is 13.7. The van der Waals surface area contributed by atoms with E-state index < -0.39 is 17.5 Å². The molecule has 0 spiro atoms. The summed E-state index contributed by atoms with van der Waals surface area (Å²) in [5.41, 5.74) is 2.04. The second-order valence-electron chi connectivity index (χ2n) is 9.82. The van der Waals surface area contributed by atoms with Gasteiger partial charge in [0.15, 0.2) is 5.88 Å². The molecule has 0 radical (unpaired) electrons. The van der Waals surface area contributed by atoms with Crippen molar-refractivity contribution in [1.29, 1.82) is 0 Å². The molecular weight excluding hydrogens is 584 g/mol. The number of carbonyl (C=O) groups is 2. The molecule has 5 heterocycles. The van der Waals surface area contributed by atoms with Crippen LogP contribution in [0, 0.1) is 0 Å². The summed E-state index contributed by atoms with van der Waals surface area (Å²) in [5.74, 6) is -1.81. The molecule has 0 bridgehead atoms. The lowest BCUT2D eigenvalue weighted by Crippen LogP contribution is -2.47. The number of nitrogens with zero attached hydrogens (tertiary/aromatic N) is 3. The summed E-state index contributed by atoms with van der Waals surface area (Å²) in [7, 11) is 3.20. The monoisotopic (exact) mass is 611 g/mol. The van der Waals surface area contributed by atoms with Crippen LogP contribution in [0.5, 0.6) is 11.8 Å². The number of carbonyl (C=O) groups excluding carboxylic acids is 2. The Morgan fingerprint density at radius 3 is 2.83 bits per heavy atom. The molecule has 212 valence electrons. The van der Waals surface area contributed by atoms with Gasteiger partial charge in [-0.25, -0.2) is 9.78 Å². The summed E-state index contributed by atoms with van der Waals surface area (Å²) in [6.45, 7) is 1.73. The Bertz CT molecular complexity index is 1790. The minimum Gasteiger partial charge on any atom is -0.494 e. The van der Waals surface area contributed by atoms with Gasteiger partial charge in [-0.15, -0.1) is 20.7 Å². The van der Waals surface area contributed by atoms with Gasteiger partial charge in [0.05, 0.1) is 40.3 Å². The molecule has 41 heavy (non-hydrogen) atoms. The molecule has 0 fully saturated rings. The summed E-state index contributed by atoms with van der Waals surface area (Å²) < 4.78 is 14.1. The summed E-state index contributed by atoms with van der Waals surface area (Å²) in [5, 5.41) is 21.8. The van der Waals surface area contributed by atoms with E-state index in [-0.39, 0.29) is 48.9 Å². The number of hydrogen-bond acceptors (Lipinski definition) is 9. The number of ether oxygens (including phenoxy) is 2. The van der Waals surface area contributed by atoms with Crippen LogP contribution in [-0.4, -0.2) is 41.8 Å². The Kier molecular flexibility index (Phi) is 7.30. The van der Waals surface area contributed by atoms with Crippen LogP contribution in [0.2, 0.25) is 0 Å². The van der Waals surface area contributed by atoms with Crippen molar-refractivity contribution in [2.75, 3.05) is 5.49 Å². The molecule has 2 unspecified atom stereocenters. The molecule has 2 aliphatic rings. The Hall–Kier alpha value is -3.39. The second-order valence-corrected chi connectivity index (χ2v) is 13.3. The highest BCUT2D eigenvalue weighted by molar-refractivity contribution is 8.14. The number of aromatic nitrogens is 3. The third-order valence-corrected chi connectivity index (χ3v) is 10.9. The Morgan fingerprint density at radius 1 is 1.24 bits per heavy atom. The van der Waals surface area contributed by atoms with E-state index in [0.29, 0.717) is 36.7 Å². The molecule has 3 atom stereocenters. The topological polar surface area (TPSA) is 133 Å². The average Bonchev–Trinajstić information content (AvgIpc) is 3.46. The molecule has 6 rings (SSSR count). The maximum atomic E-state index is 13.7. The van der Waals surface area contributed by atoms with E-state index in [1.807, 2.05) is 30.3 Å². The molecular formula is C28H27N3O7P2S. The number of hydrogen-bond donors (Lipinski definition) is 2. The van der Waals surface area contributed by atoms with Gasteiger partial charge in [0, 0.05) is 34.6 Å². The van der Waals surface area contributed by atoms with Crippen molar-refractivity contribution in [2.45, 2.75) is 50.0 Å². The van der Waals surface area contributed by atoms with Gasteiger partial charge >= 0.3 is 11.9 Å². The maximum Gasteiger partial charge on any atom is 0.355 e. The van der Waals surface area contributed by atoms with Crippen LogP contribution < -0.4 is 5.56 Å². The highest BCUT2D eigenvalue weighted by atomic mass is 32.2. The highest BCUT2D eigenvalue weighted by Gasteiger charge is 2.50. The van der Waals surface area contributed by atoms with E-state index >= 15 is 0 Å². The number of aromatic hydroxyl groups is 2. The third-order valence-electron chi connectivity index (χ3n) is 7.54. The quantitative estimate of drug-likeness (QED) is 0.148. The lowest BCUT2D eigenvalue weighted by atomic mass is 9.85. The fraction of sp³-hybridized carbons (Fsp3) is 0.286. The first-order valence-corrected chi connectivity index (χ1v) is 17.0. The first-order valence-electron chi connectivity index (χ1n) is 13.0. The van der Waals surface area contributed by atoms with Gasteiger partial charge in [0.1, 0.15) is 6.61 Å². The molecule has 0 aliphatic carbocycles. The summed E-state index contributed by atoms with van der Waals surface area (Å²) >= 11 is 1.39. The average molecular weight is 612 g/mol. The van der Waals surface area contributed by atoms with E-state index in [2.05, 4.69) is 8.93 Å². The zero-order chi connectivity index (χ0) is 28.9. The Labute approximate surface area is 242 Å². The Balaban J connectivity index is 1.33. The van der Waals surface area contributed by atoms with Crippen molar-refractivity contribution >= 4 is 51.8 Å². The van der Waals surface area contributed by atoms with Crippen molar-refractivity contribution < 1.29 is 29.3 Å². The van der Waals surface area contributed by atoms with Crippen LogP contribution in [0.15, 0.2) is 52.2 Å². The molecule has 0 amide bonds. The fourth-order valence-corrected chi connectivity index (χ4v) is 7.61. The van der Waals surface area contributed by atoms with Gasteiger partial charge in [-0.3, -0.25) is 14.2 Å². The largest absolute Gasteiger partial charge is 0.494 e. The predicted octanol–water partition coefficient (Wildman–Crippen LogP) is 4.45. The van der Waals surface area contributed by atoms with Crippen molar-refractivity contribution in [3.05, 3.63) is 69.5 Å². The molecule has 0 saturated carbocycles.